The zero-order valence-corrected chi connectivity index (χ0v) is 15.3. The van der Waals surface area contributed by atoms with Crippen molar-refractivity contribution in [2.75, 3.05) is 13.2 Å². The average Bonchev–Trinajstić information content (AvgIpc) is 2.47. The minimum Gasteiger partial charge on any atom is -0.494 e. The molecule has 0 heterocycles. The van der Waals surface area contributed by atoms with Gasteiger partial charge in [-0.05, 0) is 59.7 Å². The quantitative estimate of drug-likeness (QED) is 0.560. The van der Waals surface area contributed by atoms with Crippen molar-refractivity contribution in [2.24, 2.45) is 11.8 Å². The van der Waals surface area contributed by atoms with Crippen molar-refractivity contribution in [2.45, 2.75) is 40.5 Å². The molecule has 0 fully saturated rings. The van der Waals surface area contributed by atoms with Gasteiger partial charge < -0.3 is 9.47 Å². The van der Waals surface area contributed by atoms with Gasteiger partial charge in [0.15, 0.2) is 0 Å². The summed E-state index contributed by atoms with van der Waals surface area (Å²) in [6.45, 7) is 10.2. The molecule has 0 radical (unpaired) electrons. The minimum atomic E-state index is 0.625. The molecule has 3 heteroatoms. The molecular weight excluding hydrogens is 308 g/mol. The lowest BCUT2D eigenvalue weighted by Crippen LogP contribution is -2.02. The van der Waals surface area contributed by atoms with Gasteiger partial charge >= 0.3 is 0 Å². The lowest BCUT2D eigenvalue weighted by Gasteiger charge is -2.12. The smallest absolute Gasteiger partial charge is 0.138 e. The predicted molar refractivity (Wildman–Crippen MR) is 98.9 cm³/mol. The highest BCUT2D eigenvalue weighted by molar-refractivity contribution is 6.32. The van der Waals surface area contributed by atoms with E-state index in [9.17, 15) is 0 Å². The number of benzene rings is 2. The van der Waals surface area contributed by atoms with Crippen LogP contribution in [-0.4, -0.2) is 13.2 Å². The van der Waals surface area contributed by atoms with Gasteiger partial charge in [-0.2, -0.15) is 0 Å². The molecule has 0 spiro atoms. The van der Waals surface area contributed by atoms with E-state index in [1.807, 2.05) is 24.3 Å². The second-order valence-electron chi connectivity index (χ2n) is 6.85. The first-order valence-electron chi connectivity index (χ1n) is 8.44. The number of hydrogen-bond donors (Lipinski definition) is 0. The third-order valence-corrected chi connectivity index (χ3v) is 4.07. The lowest BCUT2D eigenvalue weighted by molar-refractivity contribution is 0.289. The van der Waals surface area contributed by atoms with Gasteiger partial charge in [0.25, 0.3) is 0 Å². The number of hydrogen-bond acceptors (Lipinski definition) is 2. The van der Waals surface area contributed by atoms with Crippen LogP contribution in [0.1, 0.15) is 40.5 Å². The van der Waals surface area contributed by atoms with Crippen LogP contribution >= 0.6 is 11.6 Å². The Labute approximate surface area is 144 Å². The van der Waals surface area contributed by atoms with Gasteiger partial charge in [0.05, 0.1) is 18.2 Å². The van der Waals surface area contributed by atoms with Crippen LogP contribution < -0.4 is 9.47 Å². The summed E-state index contributed by atoms with van der Waals surface area (Å²) in [5.74, 6) is 2.92. The van der Waals surface area contributed by atoms with E-state index in [4.69, 9.17) is 21.1 Å². The van der Waals surface area contributed by atoms with E-state index >= 15 is 0 Å². The van der Waals surface area contributed by atoms with Crippen LogP contribution in [0.2, 0.25) is 5.02 Å². The van der Waals surface area contributed by atoms with Gasteiger partial charge in [-0.1, -0.05) is 45.4 Å². The van der Waals surface area contributed by atoms with Crippen molar-refractivity contribution in [3.63, 3.8) is 0 Å². The van der Waals surface area contributed by atoms with Gasteiger partial charge in [-0.15, -0.1) is 0 Å². The van der Waals surface area contributed by atoms with Crippen molar-refractivity contribution in [3.8, 4) is 11.5 Å². The molecule has 0 atom stereocenters. The SMILES string of the molecule is CC(C)CCOc1ccc2cc(OCCC(C)C)c(Cl)cc2c1. The zero-order chi connectivity index (χ0) is 16.8. The van der Waals surface area contributed by atoms with E-state index in [2.05, 4.69) is 33.8 Å². The Kier molecular flexibility index (Phi) is 6.59. The van der Waals surface area contributed by atoms with Gasteiger partial charge in [0.2, 0.25) is 0 Å². The van der Waals surface area contributed by atoms with Crippen LogP contribution in [-0.2, 0) is 0 Å². The Morgan fingerprint density at radius 2 is 1.48 bits per heavy atom. The van der Waals surface area contributed by atoms with Gasteiger partial charge in [-0.3, -0.25) is 0 Å². The summed E-state index contributed by atoms with van der Waals surface area (Å²) < 4.78 is 11.6. The first-order valence-corrected chi connectivity index (χ1v) is 8.82. The van der Waals surface area contributed by atoms with Gasteiger partial charge in [0.1, 0.15) is 11.5 Å². The Morgan fingerprint density at radius 1 is 0.826 bits per heavy atom. The number of ether oxygens (including phenoxy) is 2. The summed E-state index contributed by atoms with van der Waals surface area (Å²) in [5.41, 5.74) is 0. The Hall–Kier alpha value is -1.41. The lowest BCUT2D eigenvalue weighted by atomic mass is 10.1. The molecule has 2 aromatic rings. The van der Waals surface area contributed by atoms with E-state index < -0.39 is 0 Å². The molecule has 0 bridgehead atoms. The van der Waals surface area contributed by atoms with Crippen LogP contribution in [0, 0.1) is 11.8 Å². The van der Waals surface area contributed by atoms with Crippen molar-refractivity contribution in [3.05, 3.63) is 35.4 Å². The molecule has 0 aliphatic carbocycles. The Morgan fingerprint density at radius 3 is 2.13 bits per heavy atom. The van der Waals surface area contributed by atoms with E-state index in [1.54, 1.807) is 0 Å². The maximum atomic E-state index is 6.35. The summed E-state index contributed by atoms with van der Waals surface area (Å²) in [5, 5.41) is 2.85. The molecule has 0 amide bonds. The number of fused-ring (bicyclic) bond motifs is 1. The van der Waals surface area contributed by atoms with Crippen LogP contribution in [0.5, 0.6) is 11.5 Å². The molecule has 2 rings (SSSR count). The second-order valence-corrected chi connectivity index (χ2v) is 7.26. The van der Waals surface area contributed by atoms with Crippen LogP contribution in [0.25, 0.3) is 10.8 Å². The molecule has 0 N–H and O–H groups in total. The fourth-order valence-electron chi connectivity index (χ4n) is 2.24. The third kappa shape index (κ3) is 5.62. The van der Waals surface area contributed by atoms with E-state index in [1.165, 1.54) is 0 Å². The molecule has 23 heavy (non-hydrogen) atoms. The highest BCUT2D eigenvalue weighted by atomic mass is 35.5. The van der Waals surface area contributed by atoms with Crippen molar-refractivity contribution >= 4 is 22.4 Å². The van der Waals surface area contributed by atoms with Gasteiger partial charge in [0, 0.05) is 0 Å². The predicted octanol–water partition coefficient (Wildman–Crippen LogP) is 6.34. The van der Waals surface area contributed by atoms with Crippen LogP contribution in [0.3, 0.4) is 0 Å². The van der Waals surface area contributed by atoms with E-state index in [-0.39, 0.29) is 0 Å². The van der Waals surface area contributed by atoms with Crippen LogP contribution in [0.4, 0.5) is 0 Å². The normalized spacial score (nSPS) is 11.4. The molecular formula is C20H27ClO2. The second kappa shape index (κ2) is 8.44. The highest BCUT2D eigenvalue weighted by Crippen LogP contribution is 2.32. The van der Waals surface area contributed by atoms with E-state index in [0.29, 0.717) is 23.5 Å². The topological polar surface area (TPSA) is 18.5 Å². The minimum absolute atomic E-state index is 0.625. The maximum absolute atomic E-state index is 6.35. The molecule has 126 valence electrons. The summed E-state index contributed by atoms with van der Waals surface area (Å²) >= 11 is 6.35. The third-order valence-electron chi connectivity index (χ3n) is 3.78. The molecule has 0 saturated heterocycles. The zero-order valence-electron chi connectivity index (χ0n) is 14.6. The summed E-state index contributed by atoms with van der Waals surface area (Å²) in [4.78, 5) is 0. The molecule has 2 nitrogen and oxygen atoms in total. The summed E-state index contributed by atoms with van der Waals surface area (Å²) in [6, 6.07) is 10.1. The van der Waals surface area contributed by atoms with Crippen LogP contribution in [0.15, 0.2) is 30.3 Å². The van der Waals surface area contributed by atoms with Crippen molar-refractivity contribution in [1.82, 2.24) is 0 Å². The molecule has 0 aromatic heterocycles. The fourth-order valence-corrected chi connectivity index (χ4v) is 2.47. The maximum Gasteiger partial charge on any atom is 0.138 e. The molecule has 2 aromatic carbocycles. The summed E-state index contributed by atoms with van der Waals surface area (Å²) in [7, 11) is 0. The van der Waals surface area contributed by atoms with Gasteiger partial charge in [-0.25, -0.2) is 0 Å². The van der Waals surface area contributed by atoms with Crippen molar-refractivity contribution in [1.29, 1.82) is 0 Å². The Bertz CT molecular complexity index is 635. The molecule has 0 aliphatic heterocycles. The van der Waals surface area contributed by atoms with Crippen molar-refractivity contribution < 1.29 is 9.47 Å². The highest BCUT2D eigenvalue weighted by Gasteiger charge is 2.07. The average molecular weight is 335 g/mol. The Balaban J connectivity index is 2.08. The first kappa shape index (κ1) is 17.9. The monoisotopic (exact) mass is 334 g/mol. The molecule has 0 saturated carbocycles. The standard InChI is InChI=1S/C20H27ClO2/c1-14(2)7-9-22-18-6-5-16-13-20(23-10-8-15(3)4)19(21)12-17(16)11-18/h5-6,11-15H,7-10H2,1-4H3. The fraction of sp³-hybridized carbons (Fsp3) is 0.500. The summed E-state index contributed by atoms with van der Waals surface area (Å²) in [6.07, 6.45) is 2.08. The first-order chi connectivity index (χ1) is 11.0. The molecule has 0 unspecified atom stereocenters. The number of halogens is 1. The largest absolute Gasteiger partial charge is 0.494 e. The molecule has 0 aliphatic rings. The van der Waals surface area contributed by atoms with E-state index in [0.717, 1.165) is 41.7 Å². The number of rotatable bonds is 8.